The van der Waals surface area contributed by atoms with E-state index in [1.54, 1.807) is 0 Å². The molecule has 0 atom stereocenters. The molecule has 1 heterocycles. The highest BCUT2D eigenvalue weighted by atomic mass is 16.3. The summed E-state index contributed by atoms with van der Waals surface area (Å²) >= 11 is 0. The Hall–Kier alpha value is -2.35. The van der Waals surface area contributed by atoms with Crippen LogP contribution < -0.4 is 0 Å². The van der Waals surface area contributed by atoms with Crippen LogP contribution in [0.1, 0.15) is 18.4 Å². The summed E-state index contributed by atoms with van der Waals surface area (Å²) in [5.74, 6) is 0.690. The lowest BCUT2D eigenvalue weighted by molar-refractivity contribution is 0.620. The summed E-state index contributed by atoms with van der Waals surface area (Å²) in [4.78, 5) is 4.51. The largest absolute Gasteiger partial charge is 0.436 e. The fourth-order valence-corrected chi connectivity index (χ4v) is 2.37. The van der Waals surface area contributed by atoms with Crippen molar-refractivity contribution >= 4 is 16.7 Å². The van der Waals surface area contributed by atoms with Crippen LogP contribution in [0.3, 0.4) is 0 Å². The minimum absolute atomic E-state index is 0.690. The van der Waals surface area contributed by atoms with Gasteiger partial charge >= 0.3 is 0 Å². The maximum absolute atomic E-state index is 5.77. The van der Waals surface area contributed by atoms with Crippen LogP contribution in [-0.4, -0.2) is 4.98 Å². The van der Waals surface area contributed by atoms with E-state index >= 15 is 0 Å². The van der Waals surface area contributed by atoms with Gasteiger partial charge in [-0.15, -0.1) is 0 Å². The first kappa shape index (κ1) is 10.6. The van der Waals surface area contributed by atoms with Crippen LogP contribution >= 0.6 is 0 Å². The number of hydrogen-bond acceptors (Lipinski definition) is 2. The Labute approximate surface area is 111 Å². The highest BCUT2D eigenvalue weighted by molar-refractivity contribution is 5.77. The lowest BCUT2D eigenvalue weighted by atomic mass is 9.91. The first-order valence-electron chi connectivity index (χ1n) is 6.55. The van der Waals surface area contributed by atoms with E-state index in [1.807, 2.05) is 24.3 Å². The fourth-order valence-electron chi connectivity index (χ4n) is 2.37. The number of benzene rings is 2. The minimum Gasteiger partial charge on any atom is -0.436 e. The maximum Gasteiger partial charge on any atom is 0.227 e. The molecule has 2 nitrogen and oxygen atoms in total. The number of aromatic nitrogens is 1. The minimum atomic E-state index is 0.690. The van der Waals surface area contributed by atoms with Crippen molar-refractivity contribution in [3.05, 3.63) is 60.2 Å². The SMILES string of the molecule is C1=C(c2ccc(-c3nc4ccccc4o3)cc2)CC1. The predicted octanol–water partition coefficient (Wildman–Crippen LogP) is 4.67. The Morgan fingerprint density at radius 2 is 1.63 bits per heavy atom. The van der Waals surface area contributed by atoms with Crippen molar-refractivity contribution in [3.63, 3.8) is 0 Å². The third kappa shape index (κ3) is 1.76. The molecule has 0 saturated carbocycles. The molecule has 1 aliphatic carbocycles. The molecule has 0 bridgehead atoms. The zero-order chi connectivity index (χ0) is 12.7. The van der Waals surface area contributed by atoms with Gasteiger partial charge in [0.15, 0.2) is 5.58 Å². The summed E-state index contributed by atoms with van der Waals surface area (Å²) < 4.78 is 5.77. The third-order valence-electron chi connectivity index (χ3n) is 3.60. The summed E-state index contributed by atoms with van der Waals surface area (Å²) in [6.45, 7) is 0. The quantitative estimate of drug-likeness (QED) is 0.657. The molecule has 3 aromatic rings. The van der Waals surface area contributed by atoms with Gasteiger partial charge in [0.1, 0.15) is 5.52 Å². The molecular formula is C17H13NO. The Kier molecular flexibility index (Phi) is 2.27. The Balaban J connectivity index is 1.74. The van der Waals surface area contributed by atoms with Crippen molar-refractivity contribution in [1.82, 2.24) is 4.98 Å². The average Bonchev–Trinajstić information content (AvgIpc) is 2.81. The molecule has 0 unspecified atom stereocenters. The molecule has 1 aromatic heterocycles. The van der Waals surface area contributed by atoms with E-state index in [9.17, 15) is 0 Å². The molecule has 92 valence electrons. The highest BCUT2D eigenvalue weighted by Gasteiger charge is 2.10. The van der Waals surface area contributed by atoms with Gasteiger partial charge in [-0.25, -0.2) is 4.98 Å². The number of nitrogens with zero attached hydrogens (tertiary/aromatic N) is 1. The van der Waals surface area contributed by atoms with Crippen molar-refractivity contribution in [2.75, 3.05) is 0 Å². The number of hydrogen-bond donors (Lipinski definition) is 0. The smallest absolute Gasteiger partial charge is 0.227 e. The second-order valence-corrected chi connectivity index (χ2v) is 4.83. The van der Waals surface area contributed by atoms with Crippen LogP contribution in [0.5, 0.6) is 0 Å². The molecule has 0 radical (unpaired) electrons. The van der Waals surface area contributed by atoms with Gasteiger partial charge in [0.05, 0.1) is 0 Å². The van der Waals surface area contributed by atoms with E-state index in [0.717, 1.165) is 16.7 Å². The lowest BCUT2D eigenvalue weighted by Gasteiger charge is -2.14. The van der Waals surface area contributed by atoms with Crippen molar-refractivity contribution < 1.29 is 4.42 Å². The topological polar surface area (TPSA) is 26.0 Å². The van der Waals surface area contributed by atoms with E-state index in [0.29, 0.717) is 5.89 Å². The molecule has 4 rings (SSSR count). The number of rotatable bonds is 2. The Morgan fingerprint density at radius 3 is 2.32 bits per heavy atom. The predicted molar refractivity (Wildman–Crippen MR) is 76.7 cm³/mol. The lowest BCUT2D eigenvalue weighted by Crippen LogP contribution is -1.92. The zero-order valence-corrected chi connectivity index (χ0v) is 10.5. The van der Waals surface area contributed by atoms with Crippen LogP contribution in [0.4, 0.5) is 0 Å². The van der Waals surface area contributed by atoms with Crippen molar-refractivity contribution in [1.29, 1.82) is 0 Å². The second kappa shape index (κ2) is 4.09. The monoisotopic (exact) mass is 247 g/mol. The standard InChI is InChI=1S/C17H13NO/c1-2-7-16-15(6-1)18-17(19-16)14-10-8-13(9-11-14)12-4-3-5-12/h1-2,4,6-11H,3,5H2. The van der Waals surface area contributed by atoms with Gasteiger partial charge in [-0.3, -0.25) is 0 Å². The van der Waals surface area contributed by atoms with Gasteiger partial charge < -0.3 is 4.42 Å². The first-order chi connectivity index (χ1) is 9.40. The second-order valence-electron chi connectivity index (χ2n) is 4.83. The van der Waals surface area contributed by atoms with Crippen LogP contribution in [0.2, 0.25) is 0 Å². The summed E-state index contributed by atoms with van der Waals surface area (Å²) in [6, 6.07) is 16.3. The molecule has 0 N–H and O–H groups in total. The summed E-state index contributed by atoms with van der Waals surface area (Å²) in [6.07, 6.45) is 4.69. The molecule has 0 aliphatic heterocycles. The summed E-state index contributed by atoms with van der Waals surface area (Å²) in [5, 5.41) is 0. The molecule has 0 saturated heterocycles. The molecule has 19 heavy (non-hydrogen) atoms. The van der Waals surface area contributed by atoms with E-state index in [2.05, 4.69) is 35.3 Å². The van der Waals surface area contributed by atoms with Crippen molar-refractivity contribution in [3.8, 4) is 11.5 Å². The number of fused-ring (bicyclic) bond motifs is 1. The van der Waals surface area contributed by atoms with Gasteiger partial charge in [-0.2, -0.15) is 0 Å². The number of para-hydroxylation sites is 2. The van der Waals surface area contributed by atoms with Crippen molar-refractivity contribution in [2.45, 2.75) is 12.8 Å². The first-order valence-corrected chi connectivity index (χ1v) is 6.55. The van der Waals surface area contributed by atoms with Gasteiger partial charge in [-0.1, -0.05) is 30.3 Å². The van der Waals surface area contributed by atoms with E-state index in [1.165, 1.54) is 24.0 Å². The van der Waals surface area contributed by atoms with Gasteiger partial charge in [0, 0.05) is 5.56 Å². The third-order valence-corrected chi connectivity index (χ3v) is 3.60. The molecule has 2 heteroatoms. The van der Waals surface area contributed by atoms with Crippen LogP contribution in [0.15, 0.2) is 59.0 Å². The molecular weight excluding hydrogens is 234 g/mol. The molecule has 0 fully saturated rings. The number of allylic oxidation sites excluding steroid dienone is 2. The fraction of sp³-hybridized carbons (Fsp3) is 0.118. The molecule has 0 amide bonds. The van der Waals surface area contributed by atoms with Gasteiger partial charge in [-0.05, 0) is 48.2 Å². The van der Waals surface area contributed by atoms with E-state index in [-0.39, 0.29) is 0 Å². The van der Waals surface area contributed by atoms with E-state index < -0.39 is 0 Å². The Morgan fingerprint density at radius 1 is 0.895 bits per heavy atom. The van der Waals surface area contributed by atoms with Gasteiger partial charge in [0.2, 0.25) is 5.89 Å². The molecule has 2 aromatic carbocycles. The normalized spacial score (nSPS) is 14.2. The molecule has 1 aliphatic rings. The summed E-state index contributed by atoms with van der Waals surface area (Å²) in [5.41, 5.74) is 5.53. The average molecular weight is 247 g/mol. The van der Waals surface area contributed by atoms with E-state index in [4.69, 9.17) is 4.42 Å². The highest BCUT2D eigenvalue weighted by Crippen LogP contribution is 2.31. The van der Waals surface area contributed by atoms with Crippen LogP contribution in [-0.2, 0) is 0 Å². The summed E-state index contributed by atoms with van der Waals surface area (Å²) in [7, 11) is 0. The van der Waals surface area contributed by atoms with Crippen LogP contribution in [0, 0.1) is 0 Å². The maximum atomic E-state index is 5.77. The number of oxazole rings is 1. The zero-order valence-electron chi connectivity index (χ0n) is 10.5. The molecule has 0 spiro atoms. The van der Waals surface area contributed by atoms with Crippen LogP contribution in [0.25, 0.3) is 28.1 Å². The Bertz CT molecular complexity index is 732. The van der Waals surface area contributed by atoms with Crippen molar-refractivity contribution in [2.24, 2.45) is 0 Å². The van der Waals surface area contributed by atoms with Gasteiger partial charge in [0.25, 0.3) is 0 Å².